The number of hydroxylamine groups is 4. The molecule has 0 radical (unpaired) electrons. The average Bonchev–Trinajstić information content (AvgIpc) is 2.97. The first kappa shape index (κ1) is 30.9. The maximum absolute atomic E-state index is 12.5. The number of nitrogens with zero attached hydrogens (tertiary/aromatic N) is 4. The number of allylic oxidation sites excluding steroid dienone is 2. The van der Waals surface area contributed by atoms with Crippen LogP contribution in [0, 0.1) is 0 Å². The van der Waals surface area contributed by atoms with E-state index in [1.165, 1.54) is 22.3 Å². The molecule has 2 atom stereocenters. The molecule has 2 aromatic rings. The summed E-state index contributed by atoms with van der Waals surface area (Å²) in [5.41, 5.74) is 3.96. The second-order valence-corrected chi connectivity index (χ2v) is 10.4. The normalized spacial score (nSPS) is 21.7. The van der Waals surface area contributed by atoms with Crippen LogP contribution in [0.3, 0.4) is 0 Å². The molecule has 2 saturated heterocycles. The van der Waals surface area contributed by atoms with Crippen molar-refractivity contribution in [3.8, 4) is 0 Å². The highest BCUT2D eigenvalue weighted by Crippen LogP contribution is 2.16. The van der Waals surface area contributed by atoms with Gasteiger partial charge in [-0.2, -0.15) is 10.1 Å². The highest BCUT2D eigenvalue weighted by molar-refractivity contribution is 6.10. The Labute approximate surface area is 241 Å². The average molecular weight is 565 g/mol. The number of hydrogen-bond donors (Lipinski definition) is 2. The minimum Gasteiger partial charge on any atom is -0.363 e. The molecule has 2 heterocycles. The van der Waals surface area contributed by atoms with Gasteiger partial charge in [0.1, 0.15) is 12.5 Å². The third-order valence-electron chi connectivity index (χ3n) is 7.31. The number of carbonyl (C=O) groups is 2. The SMILES string of the molecule is COC1CN(Cc2cccc(C=CC(=O)CC(=O)C=Cc3cccc(CN4CCN(O)C(OC)C4)c3)c2)CCN1O. The number of methoxy groups -OCH3 is 2. The van der Waals surface area contributed by atoms with Crippen molar-refractivity contribution in [2.24, 2.45) is 0 Å². The van der Waals surface area contributed by atoms with E-state index in [9.17, 15) is 20.0 Å². The number of ether oxygens (including phenoxy) is 2. The van der Waals surface area contributed by atoms with E-state index >= 15 is 0 Å². The number of ketones is 2. The van der Waals surface area contributed by atoms with E-state index in [1.54, 1.807) is 26.4 Å². The predicted molar refractivity (Wildman–Crippen MR) is 155 cm³/mol. The van der Waals surface area contributed by atoms with E-state index in [-0.39, 0.29) is 30.4 Å². The second kappa shape index (κ2) is 15.2. The lowest BCUT2D eigenvalue weighted by atomic mass is 10.1. The van der Waals surface area contributed by atoms with Gasteiger partial charge in [-0.3, -0.25) is 19.4 Å². The van der Waals surface area contributed by atoms with Crippen LogP contribution in [0.15, 0.2) is 60.7 Å². The summed E-state index contributed by atoms with van der Waals surface area (Å²) in [6.45, 7) is 5.10. The van der Waals surface area contributed by atoms with Gasteiger partial charge in [-0.25, -0.2) is 0 Å². The van der Waals surface area contributed by atoms with Crippen molar-refractivity contribution in [3.63, 3.8) is 0 Å². The van der Waals surface area contributed by atoms with Gasteiger partial charge < -0.3 is 19.9 Å². The summed E-state index contributed by atoms with van der Waals surface area (Å²) in [7, 11) is 3.17. The van der Waals surface area contributed by atoms with Gasteiger partial charge in [-0.1, -0.05) is 60.7 Å². The molecule has 0 saturated carbocycles. The zero-order chi connectivity index (χ0) is 29.2. The monoisotopic (exact) mass is 564 g/mol. The van der Waals surface area contributed by atoms with Crippen LogP contribution >= 0.6 is 0 Å². The third-order valence-corrected chi connectivity index (χ3v) is 7.31. The minimum absolute atomic E-state index is 0.194. The van der Waals surface area contributed by atoms with E-state index in [1.807, 2.05) is 48.5 Å². The number of rotatable bonds is 12. The van der Waals surface area contributed by atoms with Crippen molar-refractivity contribution >= 4 is 23.7 Å². The van der Waals surface area contributed by atoms with Gasteiger partial charge in [0.25, 0.3) is 0 Å². The summed E-state index contributed by atoms with van der Waals surface area (Å²) in [5.74, 6) is -0.506. The highest BCUT2D eigenvalue weighted by atomic mass is 16.6. The maximum atomic E-state index is 12.5. The molecule has 2 fully saturated rings. The largest absolute Gasteiger partial charge is 0.363 e. The molecule has 2 aliphatic heterocycles. The first-order valence-electron chi connectivity index (χ1n) is 13.8. The standard InChI is InChI=1S/C31H40N4O6/c1-40-30-22-32(13-15-34(30)38)20-26-7-3-5-24(17-26)9-11-28(36)19-29(37)12-10-25-6-4-8-27(18-25)21-33-14-16-35(39)31(23-33)41-2/h3-12,17-18,30-31,38-39H,13-16,19-23H2,1-2H3. The topological polar surface area (TPSA) is 106 Å². The fourth-order valence-electron chi connectivity index (χ4n) is 5.04. The van der Waals surface area contributed by atoms with E-state index in [4.69, 9.17) is 9.47 Å². The van der Waals surface area contributed by atoms with Crippen molar-refractivity contribution in [2.45, 2.75) is 32.0 Å². The molecular weight excluding hydrogens is 524 g/mol. The number of hydrogen-bond acceptors (Lipinski definition) is 10. The zero-order valence-corrected chi connectivity index (χ0v) is 23.8. The molecule has 4 rings (SSSR count). The van der Waals surface area contributed by atoms with Crippen LogP contribution in [0.4, 0.5) is 0 Å². The Morgan fingerprint density at radius 3 is 1.61 bits per heavy atom. The Morgan fingerprint density at radius 1 is 0.756 bits per heavy atom. The van der Waals surface area contributed by atoms with Gasteiger partial charge in [0, 0.05) is 66.6 Å². The molecule has 0 spiro atoms. The van der Waals surface area contributed by atoms with Crippen LogP contribution in [-0.4, -0.2) is 108 Å². The molecule has 10 heteroatoms. The fourth-order valence-corrected chi connectivity index (χ4v) is 5.04. The van der Waals surface area contributed by atoms with Crippen LogP contribution < -0.4 is 0 Å². The number of benzene rings is 2. The van der Waals surface area contributed by atoms with Gasteiger partial charge >= 0.3 is 0 Å². The molecule has 2 aliphatic rings. The summed E-state index contributed by atoms with van der Waals surface area (Å²) in [6, 6.07) is 15.8. The van der Waals surface area contributed by atoms with Gasteiger partial charge in [-0.05, 0) is 34.4 Å². The van der Waals surface area contributed by atoms with Crippen LogP contribution in [0.1, 0.15) is 28.7 Å². The molecule has 41 heavy (non-hydrogen) atoms. The van der Waals surface area contributed by atoms with E-state index < -0.39 is 0 Å². The lowest BCUT2D eigenvalue weighted by molar-refractivity contribution is -0.232. The maximum Gasteiger partial charge on any atom is 0.163 e. The van der Waals surface area contributed by atoms with Crippen LogP contribution in [-0.2, 0) is 32.2 Å². The molecule has 220 valence electrons. The molecule has 0 bridgehead atoms. The predicted octanol–water partition coefficient (Wildman–Crippen LogP) is 2.90. The number of carbonyl (C=O) groups excluding carboxylic acids is 2. The van der Waals surface area contributed by atoms with Gasteiger partial charge in [-0.15, -0.1) is 0 Å². The van der Waals surface area contributed by atoms with Gasteiger partial charge in [0.15, 0.2) is 11.6 Å². The molecule has 0 aliphatic carbocycles. The molecule has 10 nitrogen and oxygen atoms in total. The molecule has 2 unspecified atom stereocenters. The summed E-state index contributed by atoms with van der Waals surface area (Å²) in [5, 5.41) is 22.2. The first-order chi connectivity index (χ1) is 19.8. The van der Waals surface area contributed by atoms with Gasteiger partial charge in [0.2, 0.25) is 0 Å². The van der Waals surface area contributed by atoms with Crippen LogP contribution in [0.2, 0.25) is 0 Å². The Hall–Kier alpha value is -3.06. The molecule has 2 N–H and O–H groups in total. The quantitative estimate of drug-likeness (QED) is 0.295. The molecule has 2 aromatic carbocycles. The van der Waals surface area contributed by atoms with E-state index in [0.29, 0.717) is 39.3 Å². The summed E-state index contributed by atoms with van der Waals surface area (Å²) >= 11 is 0. The highest BCUT2D eigenvalue weighted by Gasteiger charge is 2.26. The lowest BCUT2D eigenvalue weighted by Crippen LogP contribution is -2.52. The Bertz CT molecular complexity index is 1140. The fraction of sp³-hybridized carbons (Fsp3) is 0.419. The smallest absolute Gasteiger partial charge is 0.163 e. The Balaban J connectivity index is 1.25. The van der Waals surface area contributed by atoms with Crippen molar-refractivity contribution in [1.29, 1.82) is 0 Å². The van der Waals surface area contributed by atoms with Crippen molar-refractivity contribution in [1.82, 2.24) is 19.9 Å². The van der Waals surface area contributed by atoms with Crippen LogP contribution in [0.25, 0.3) is 12.2 Å². The minimum atomic E-state index is -0.349. The zero-order valence-electron chi connectivity index (χ0n) is 23.8. The first-order valence-corrected chi connectivity index (χ1v) is 13.8. The van der Waals surface area contributed by atoms with E-state index in [0.717, 1.165) is 35.3 Å². The molecular formula is C31H40N4O6. The van der Waals surface area contributed by atoms with Crippen molar-refractivity contribution in [3.05, 3.63) is 82.9 Å². The van der Waals surface area contributed by atoms with Crippen LogP contribution in [0.5, 0.6) is 0 Å². The summed E-state index contributed by atoms with van der Waals surface area (Å²) < 4.78 is 10.6. The van der Waals surface area contributed by atoms with Gasteiger partial charge in [0.05, 0.1) is 6.42 Å². The van der Waals surface area contributed by atoms with Crippen molar-refractivity contribution in [2.75, 3.05) is 53.5 Å². The Kier molecular flexibility index (Phi) is 11.5. The second-order valence-electron chi connectivity index (χ2n) is 10.4. The van der Waals surface area contributed by atoms with E-state index in [2.05, 4.69) is 9.80 Å². The molecule has 0 amide bonds. The third kappa shape index (κ3) is 9.49. The molecule has 0 aromatic heterocycles. The number of piperazine rings is 2. The summed E-state index contributed by atoms with van der Waals surface area (Å²) in [4.78, 5) is 29.3. The lowest BCUT2D eigenvalue weighted by Gasteiger charge is -2.36. The Morgan fingerprint density at radius 2 is 1.20 bits per heavy atom. The summed E-state index contributed by atoms with van der Waals surface area (Å²) in [6.07, 6.45) is 5.49. The van der Waals surface area contributed by atoms with Crippen molar-refractivity contribution < 1.29 is 29.5 Å².